The number of carboxylic acid groups (broad SMARTS) is 1. The van der Waals surface area contributed by atoms with Gasteiger partial charge in [-0.1, -0.05) is 45.0 Å². The summed E-state index contributed by atoms with van der Waals surface area (Å²) in [5.41, 5.74) is 2.52. The van der Waals surface area contributed by atoms with E-state index in [1.165, 1.54) is 11.1 Å². The van der Waals surface area contributed by atoms with Gasteiger partial charge in [0.2, 0.25) is 0 Å². The minimum atomic E-state index is -0.739. The van der Waals surface area contributed by atoms with E-state index in [-0.39, 0.29) is 12.5 Å². The van der Waals surface area contributed by atoms with Gasteiger partial charge in [0.15, 0.2) is 0 Å². The van der Waals surface area contributed by atoms with Crippen LogP contribution >= 0.6 is 0 Å². The Morgan fingerprint density at radius 3 is 2.30 bits per heavy atom. The van der Waals surface area contributed by atoms with Crippen LogP contribution in [-0.4, -0.2) is 23.7 Å². The third kappa shape index (κ3) is 6.71. The lowest BCUT2D eigenvalue weighted by molar-refractivity contribution is -0.137. The van der Waals surface area contributed by atoms with Gasteiger partial charge in [0.25, 0.3) is 0 Å². The van der Waals surface area contributed by atoms with Crippen LogP contribution in [0.25, 0.3) is 0 Å². The molecule has 0 heterocycles. The molecular weight excluding hydrogens is 250 g/mol. The summed E-state index contributed by atoms with van der Waals surface area (Å²) in [5, 5.41) is 12.4. The lowest BCUT2D eigenvalue weighted by atomic mass is 10.0. The minimum Gasteiger partial charge on any atom is -0.481 e. The Morgan fingerprint density at radius 2 is 1.80 bits per heavy atom. The zero-order chi connectivity index (χ0) is 15.0. The van der Waals surface area contributed by atoms with Crippen LogP contribution in [0.5, 0.6) is 0 Å². The van der Waals surface area contributed by atoms with E-state index >= 15 is 0 Å². The second-order valence-corrected chi connectivity index (χ2v) is 5.81. The van der Waals surface area contributed by atoms with E-state index < -0.39 is 5.97 Å². The normalized spacial score (nSPS) is 12.6. The van der Waals surface area contributed by atoms with Crippen LogP contribution in [0.4, 0.5) is 0 Å². The van der Waals surface area contributed by atoms with Crippen molar-refractivity contribution in [3.8, 4) is 0 Å². The molecule has 0 saturated heterocycles. The van der Waals surface area contributed by atoms with Crippen LogP contribution in [0, 0.1) is 5.92 Å². The van der Waals surface area contributed by atoms with Crippen molar-refractivity contribution in [1.29, 1.82) is 0 Å². The highest BCUT2D eigenvalue weighted by Crippen LogP contribution is 2.10. The van der Waals surface area contributed by atoms with Gasteiger partial charge in [0, 0.05) is 6.04 Å². The van der Waals surface area contributed by atoms with Crippen LogP contribution < -0.4 is 5.32 Å². The molecule has 0 aliphatic rings. The molecule has 1 aromatic carbocycles. The van der Waals surface area contributed by atoms with Gasteiger partial charge in [0.05, 0.1) is 6.42 Å². The highest BCUT2D eigenvalue weighted by Gasteiger charge is 2.13. The Kier molecular flexibility index (Phi) is 7.31. The predicted octanol–water partition coefficient (Wildman–Crippen LogP) is 3.27. The van der Waals surface area contributed by atoms with Crippen LogP contribution in [-0.2, 0) is 17.6 Å². The van der Waals surface area contributed by atoms with Crippen LogP contribution in [0.3, 0.4) is 0 Å². The average Bonchev–Trinajstić information content (AvgIpc) is 2.38. The fraction of sp³-hybridized carbons (Fsp3) is 0.588. The Labute approximate surface area is 122 Å². The number of benzene rings is 1. The Balaban J connectivity index is 2.55. The van der Waals surface area contributed by atoms with Gasteiger partial charge in [-0.3, -0.25) is 4.79 Å². The van der Waals surface area contributed by atoms with Crippen molar-refractivity contribution in [2.24, 2.45) is 5.92 Å². The van der Waals surface area contributed by atoms with Gasteiger partial charge in [-0.2, -0.15) is 0 Å². The average molecular weight is 277 g/mol. The Morgan fingerprint density at radius 1 is 1.20 bits per heavy atom. The van der Waals surface area contributed by atoms with Crippen LogP contribution in [0.15, 0.2) is 24.3 Å². The van der Waals surface area contributed by atoms with E-state index in [1.807, 2.05) is 0 Å². The second-order valence-electron chi connectivity index (χ2n) is 5.81. The molecule has 2 N–H and O–H groups in total. The van der Waals surface area contributed by atoms with Gasteiger partial charge >= 0.3 is 5.97 Å². The largest absolute Gasteiger partial charge is 0.481 e. The fourth-order valence-corrected chi connectivity index (χ4v) is 2.20. The maximum absolute atomic E-state index is 11.0. The van der Waals surface area contributed by atoms with Gasteiger partial charge in [-0.25, -0.2) is 0 Å². The zero-order valence-corrected chi connectivity index (χ0v) is 12.9. The first-order valence-electron chi connectivity index (χ1n) is 7.54. The summed E-state index contributed by atoms with van der Waals surface area (Å²) in [6.07, 6.45) is 3.05. The van der Waals surface area contributed by atoms with Crippen LogP contribution in [0.1, 0.15) is 44.7 Å². The van der Waals surface area contributed by atoms with Crippen molar-refractivity contribution in [1.82, 2.24) is 5.32 Å². The number of aryl methyl sites for hydroxylation is 1. The molecule has 0 spiro atoms. The maximum Gasteiger partial charge on any atom is 0.304 e. The molecule has 20 heavy (non-hydrogen) atoms. The molecule has 1 unspecified atom stereocenters. The SMILES string of the molecule is CCc1ccc(CC(CC(=O)O)NCCC(C)C)cc1. The maximum atomic E-state index is 11.0. The summed E-state index contributed by atoms with van der Waals surface area (Å²) in [5.74, 6) is -0.103. The summed E-state index contributed by atoms with van der Waals surface area (Å²) >= 11 is 0. The smallest absolute Gasteiger partial charge is 0.304 e. The molecule has 0 aromatic heterocycles. The molecule has 1 atom stereocenters. The molecule has 1 aromatic rings. The van der Waals surface area contributed by atoms with Gasteiger partial charge in [0.1, 0.15) is 0 Å². The highest BCUT2D eigenvalue weighted by atomic mass is 16.4. The Bertz CT molecular complexity index is 398. The van der Waals surface area contributed by atoms with Gasteiger partial charge in [-0.05, 0) is 42.9 Å². The highest BCUT2D eigenvalue weighted by molar-refractivity contribution is 5.67. The van der Waals surface area contributed by atoms with Crippen molar-refractivity contribution in [3.05, 3.63) is 35.4 Å². The lowest BCUT2D eigenvalue weighted by Gasteiger charge is -2.18. The number of carbonyl (C=O) groups is 1. The Hall–Kier alpha value is -1.35. The summed E-state index contributed by atoms with van der Waals surface area (Å²) in [4.78, 5) is 11.0. The van der Waals surface area contributed by atoms with E-state index in [0.717, 1.165) is 25.8 Å². The van der Waals surface area contributed by atoms with Crippen LogP contribution in [0.2, 0.25) is 0 Å². The molecule has 3 nitrogen and oxygen atoms in total. The molecular formula is C17H27NO2. The number of hydrogen-bond acceptors (Lipinski definition) is 2. The second kappa shape index (κ2) is 8.75. The predicted molar refractivity (Wildman–Crippen MR) is 83.0 cm³/mol. The van der Waals surface area contributed by atoms with Crippen molar-refractivity contribution in [2.45, 2.75) is 52.5 Å². The van der Waals surface area contributed by atoms with E-state index in [1.54, 1.807) is 0 Å². The topological polar surface area (TPSA) is 49.3 Å². The zero-order valence-electron chi connectivity index (χ0n) is 12.9. The van der Waals surface area contributed by atoms with Gasteiger partial charge in [-0.15, -0.1) is 0 Å². The van der Waals surface area contributed by atoms with E-state index in [0.29, 0.717) is 5.92 Å². The number of aliphatic carboxylic acids is 1. The quantitative estimate of drug-likeness (QED) is 0.728. The van der Waals surface area contributed by atoms with Crippen molar-refractivity contribution < 1.29 is 9.90 Å². The number of nitrogens with one attached hydrogen (secondary N) is 1. The third-order valence-corrected chi connectivity index (χ3v) is 3.49. The number of carboxylic acids is 1. The summed E-state index contributed by atoms with van der Waals surface area (Å²) in [6, 6.07) is 8.48. The standard InChI is InChI=1S/C17H27NO2/c1-4-14-5-7-15(8-6-14)11-16(12-17(19)20)18-10-9-13(2)3/h5-8,13,16,18H,4,9-12H2,1-3H3,(H,19,20). The van der Waals surface area contributed by atoms with Crippen molar-refractivity contribution in [3.63, 3.8) is 0 Å². The summed E-state index contributed by atoms with van der Waals surface area (Å²) in [6.45, 7) is 7.37. The number of rotatable bonds is 9. The van der Waals surface area contributed by atoms with Crippen molar-refractivity contribution >= 4 is 5.97 Å². The molecule has 112 valence electrons. The third-order valence-electron chi connectivity index (χ3n) is 3.49. The monoisotopic (exact) mass is 277 g/mol. The van der Waals surface area contributed by atoms with E-state index in [4.69, 9.17) is 5.11 Å². The summed E-state index contributed by atoms with van der Waals surface area (Å²) < 4.78 is 0. The fourth-order valence-electron chi connectivity index (χ4n) is 2.20. The number of hydrogen-bond donors (Lipinski definition) is 2. The van der Waals surface area contributed by atoms with E-state index in [9.17, 15) is 4.79 Å². The van der Waals surface area contributed by atoms with Crippen molar-refractivity contribution in [2.75, 3.05) is 6.54 Å². The molecule has 1 rings (SSSR count). The van der Waals surface area contributed by atoms with E-state index in [2.05, 4.69) is 50.4 Å². The molecule has 0 aliphatic heterocycles. The first kappa shape index (κ1) is 16.7. The first-order chi connectivity index (χ1) is 9.51. The molecule has 0 saturated carbocycles. The molecule has 0 aliphatic carbocycles. The minimum absolute atomic E-state index is 0.0127. The molecule has 0 amide bonds. The molecule has 0 radical (unpaired) electrons. The molecule has 0 bridgehead atoms. The first-order valence-corrected chi connectivity index (χ1v) is 7.54. The summed E-state index contributed by atoms with van der Waals surface area (Å²) in [7, 11) is 0. The van der Waals surface area contributed by atoms with Gasteiger partial charge < -0.3 is 10.4 Å². The lowest BCUT2D eigenvalue weighted by Crippen LogP contribution is -2.34. The molecule has 3 heteroatoms. The molecule has 0 fully saturated rings.